The molecule has 0 fully saturated rings. The van der Waals surface area contributed by atoms with Crippen LogP contribution in [0.3, 0.4) is 0 Å². The molecule has 0 bridgehead atoms. The smallest absolute Gasteiger partial charge is 0.135 e. The summed E-state index contributed by atoms with van der Waals surface area (Å²) in [4.78, 5) is 2.33. The lowest BCUT2D eigenvalue weighted by atomic mass is 9.88. The molecule has 5 nitrogen and oxygen atoms in total. The van der Waals surface area contributed by atoms with Crippen LogP contribution in [0.25, 0.3) is 61.0 Å². The van der Waals surface area contributed by atoms with E-state index in [1.54, 1.807) is 0 Å². The lowest BCUT2D eigenvalue weighted by Crippen LogP contribution is -2.18. The predicted octanol–water partition coefficient (Wildman–Crippen LogP) is 13.4. The van der Waals surface area contributed by atoms with Crippen molar-refractivity contribution < 1.29 is 4.42 Å². The second-order valence-electron chi connectivity index (χ2n) is 13.7. The molecule has 0 saturated heterocycles. The number of hydrogen-bond acceptors (Lipinski definition) is 5. The SMILES string of the molecule is N=C1/C(=N\Nc2ccccc2)C=Cc2ccc3cc(-c4cccc(N(c5cccc(-c6ccccc6)c5)c5ccc6oc7ccccc7c6c5)c4)ccc3c21. The Kier molecular flexibility index (Phi) is 7.89. The van der Waals surface area contributed by atoms with E-state index in [0.29, 0.717) is 11.4 Å². The summed E-state index contributed by atoms with van der Waals surface area (Å²) in [5, 5.41) is 18.0. The van der Waals surface area contributed by atoms with Crippen molar-refractivity contribution in [3.05, 3.63) is 199 Å². The van der Waals surface area contributed by atoms with Crippen LogP contribution in [0.2, 0.25) is 0 Å². The molecule has 1 aromatic heterocycles. The monoisotopic (exact) mass is 706 g/mol. The van der Waals surface area contributed by atoms with E-state index in [4.69, 9.17) is 9.83 Å². The molecule has 0 atom stereocenters. The Morgan fingerprint density at radius 3 is 1.93 bits per heavy atom. The fourth-order valence-corrected chi connectivity index (χ4v) is 7.63. The maximum Gasteiger partial charge on any atom is 0.135 e. The summed E-state index contributed by atoms with van der Waals surface area (Å²) < 4.78 is 6.22. The normalized spacial score (nSPS) is 13.1. The number of benzene rings is 8. The molecule has 0 saturated carbocycles. The highest BCUT2D eigenvalue weighted by Gasteiger charge is 2.20. The van der Waals surface area contributed by atoms with Gasteiger partial charge in [-0.15, -0.1) is 0 Å². The van der Waals surface area contributed by atoms with Crippen LogP contribution in [0, 0.1) is 5.41 Å². The Labute approximate surface area is 318 Å². The molecule has 0 aliphatic heterocycles. The molecule has 5 heteroatoms. The number of nitrogens with zero attached hydrogens (tertiary/aromatic N) is 2. The molecule has 8 aromatic carbocycles. The van der Waals surface area contributed by atoms with Crippen molar-refractivity contribution in [2.45, 2.75) is 0 Å². The average Bonchev–Trinajstić information content (AvgIpc) is 3.62. The van der Waals surface area contributed by atoms with Crippen LogP contribution >= 0.6 is 0 Å². The molecule has 0 radical (unpaired) electrons. The fraction of sp³-hybridized carbons (Fsp3) is 0. The number of para-hydroxylation sites is 2. The van der Waals surface area contributed by atoms with Gasteiger partial charge in [0.1, 0.15) is 16.9 Å². The van der Waals surface area contributed by atoms with Crippen molar-refractivity contribution in [2.24, 2.45) is 5.10 Å². The Hall–Kier alpha value is -7.50. The van der Waals surface area contributed by atoms with Crippen LogP contribution in [0.15, 0.2) is 198 Å². The van der Waals surface area contributed by atoms with Crippen LogP contribution in [0.1, 0.15) is 11.1 Å². The molecule has 1 aliphatic carbocycles. The average molecular weight is 707 g/mol. The van der Waals surface area contributed by atoms with Gasteiger partial charge in [-0.1, -0.05) is 121 Å². The Morgan fingerprint density at radius 1 is 0.473 bits per heavy atom. The molecular weight excluding hydrogens is 673 g/mol. The molecular formula is C50H34N4O. The Balaban J connectivity index is 1.06. The third kappa shape index (κ3) is 5.94. The van der Waals surface area contributed by atoms with Crippen molar-refractivity contribution in [2.75, 3.05) is 10.3 Å². The molecule has 0 unspecified atom stereocenters. The zero-order valence-corrected chi connectivity index (χ0v) is 29.8. The van der Waals surface area contributed by atoms with E-state index in [-0.39, 0.29) is 0 Å². The summed E-state index contributed by atoms with van der Waals surface area (Å²) in [6, 6.07) is 63.2. The molecule has 1 heterocycles. The number of anilines is 4. The minimum Gasteiger partial charge on any atom is -0.456 e. The number of furan rings is 1. The highest BCUT2D eigenvalue weighted by Crippen LogP contribution is 2.41. The summed E-state index contributed by atoms with van der Waals surface area (Å²) in [5.41, 5.74) is 16.3. The van der Waals surface area contributed by atoms with Crippen molar-refractivity contribution in [1.29, 1.82) is 5.41 Å². The van der Waals surface area contributed by atoms with E-state index in [9.17, 15) is 0 Å². The van der Waals surface area contributed by atoms with Crippen molar-refractivity contribution in [3.8, 4) is 22.3 Å². The van der Waals surface area contributed by atoms with Gasteiger partial charge in [0.2, 0.25) is 0 Å². The van der Waals surface area contributed by atoms with Gasteiger partial charge >= 0.3 is 0 Å². The first-order valence-electron chi connectivity index (χ1n) is 18.4. The maximum absolute atomic E-state index is 9.15. The number of fused-ring (bicyclic) bond motifs is 6. The molecule has 0 spiro atoms. The molecule has 0 amide bonds. The first-order valence-corrected chi connectivity index (χ1v) is 18.4. The number of nitrogens with one attached hydrogen (secondary N) is 2. The quantitative estimate of drug-likeness (QED) is 0.162. The van der Waals surface area contributed by atoms with E-state index in [2.05, 4.69) is 155 Å². The van der Waals surface area contributed by atoms with Gasteiger partial charge in [-0.05, 0) is 111 Å². The number of allylic oxidation sites excluding steroid dienone is 1. The number of hydrogen-bond donors (Lipinski definition) is 2. The van der Waals surface area contributed by atoms with E-state index in [1.165, 1.54) is 5.56 Å². The van der Waals surface area contributed by atoms with Gasteiger partial charge in [0.05, 0.1) is 11.4 Å². The van der Waals surface area contributed by atoms with Gasteiger partial charge in [0, 0.05) is 33.4 Å². The second kappa shape index (κ2) is 13.5. The van der Waals surface area contributed by atoms with Gasteiger partial charge in [-0.3, -0.25) is 10.8 Å². The highest BCUT2D eigenvalue weighted by atomic mass is 16.3. The summed E-state index contributed by atoms with van der Waals surface area (Å²) in [6.45, 7) is 0. The minimum atomic E-state index is 0.400. The zero-order chi connectivity index (χ0) is 36.7. The topological polar surface area (TPSA) is 64.6 Å². The first-order chi connectivity index (χ1) is 27.2. The first kappa shape index (κ1) is 32.2. The van der Waals surface area contributed by atoms with Gasteiger partial charge in [0.25, 0.3) is 0 Å². The third-order valence-corrected chi connectivity index (χ3v) is 10.3. The summed E-state index contributed by atoms with van der Waals surface area (Å²) >= 11 is 0. The standard InChI is InChI=1S/C50H34N4O/c51-50-46(53-52-39-15-5-2-6-16-39)27-24-34-21-22-38-29-37(23-26-43(38)49(34)50)36-14-10-18-41(31-36)54(40-17-9-13-35(30-40)33-11-3-1-4-12-33)42-25-28-48-45(32-42)44-19-7-8-20-47(44)55-48/h1-32,51-52H/b51-50?,53-46-. The maximum atomic E-state index is 9.15. The number of hydrazone groups is 1. The zero-order valence-electron chi connectivity index (χ0n) is 29.8. The summed E-state index contributed by atoms with van der Waals surface area (Å²) in [7, 11) is 0. The molecule has 2 N–H and O–H groups in total. The predicted molar refractivity (Wildman–Crippen MR) is 230 cm³/mol. The molecule has 55 heavy (non-hydrogen) atoms. The highest BCUT2D eigenvalue weighted by molar-refractivity contribution is 6.55. The molecule has 10 rings (SSSR count). The Morgan fingerprint density at radius 2 is 1.13 bits per heavy atom. The van der Waals surface area contributed by atoms with Gasteiger partial charge in [-0.25, -0.2) is 0 Å². The van der Waals surface area contributed by atoms with E-state index in [1.807, 2.05) is 54.6 Å². The van der Waals surface area contributed by atoms with E-state index >= 15 is 0 Å². The minimum absolute atomic E-state index is 0.400. The van der Waals surface area contributed by atoms with Crippen LogP contribution in [0.5, 0.6) is 0 Å². The lowest BCUT2D eigenvalue weighted by molar-refractivity contribution is 0.669. The molecule has 1 aliphatic rings. The van der Waals surface area contributed by atoms with Crippen LogP contribution in [0.4, 0.5) is 22.7 Å². The Bertz CT molecular complexity index is 2980. The van der Waals surface area contributed by atoms with Gasteiger partial charge < -0.3 is 9.32 Å². The van der Waals surface area contributed by atoms with Crippen LogP contribution < -0.4 is 10.3 Å². The van der Waals surface area contributed by atoms with E-state index < -0.39 is 0 Å². The number of rotatable bonds is 7. The van der Waals surface area contributed by atoms with Gasteiger partial charge in [-0.2, -0.15) is 5.10 Å². The van der Waals surface area contributed by atoms with Crippen molar-refractivity contribution >= 4 is 73.0 Å². The largest absolute Gasteiger partial charge is 0.456 e. The molecule has 260 valence electrons. The fourth-order valence-electron chi connectivity index (χ4n) is 7.63. The van der Waals surface area contributed by atoms with Gasteiger partial charge in [0.15, 0.2) is 0 Å². The third-order valence-electron chi connectivity index (χ3n) is 10.3. The van der Waals surface area contributed by atoms with E-state index in [0.717, 1.165) is 83.3 Å². The van der Waals surface area contributed by atoms with Crippen molar-refractivity contribution in [3.63, 3.8) is 0 Å². The van der Waals surface area contributed by atoms with Crippen LogP contribution in [-0.4, -0.2) is 11.4 Å². The lowest BCUT2D eigenvalue weighted by Gasteiger charge is -2.26. The molecule has 9 aromatic rings. The second-order valence-corrected chi connectivity index (χ2v) is 13.7. The summed E-state index contributed by atoms with van der Waals surface area (Å²) in [5.74, 6) is 0. The van der Waals surface area contributed by atoms with Crippen LogP contribution in [-0.2, 0) is 0 Å². The summed E-state index contributed by atoms with van der Waals surface area (Å²) in [6.07, 6.45) is 3.95. The van der Waals surface area contributed by atoms with Crippen molar-refractivity contribution in [1.82, 2.24) is 0 Å².